The Morgan fingerprint density at radius 3 is 2.65 bits per heavy atom. The largest absolute Gasteiger partial charge is 0.338 e. The van der Waals surface area contributed by atoms with Crippen molar-refractivity contribution in [3.05, 3.63) is 88.4 Å². The standard InChI is InChI=1S/C35H38ClN9O/c1-21-11-14-45(17-21)18-23-15-28-32(37-16-23)33(39-20-38-28)40-26-9-5-7-24(22(26)2)25-8-6-10-27(31(25)36)42-35(46)34-41-29-19-43(3)13-12-30(29)44(34)4/h5-10,15-16,20-21H,11-14,17-19H2,1-4H3,(H,42,46)(H,38,39,40). The number of halogens is 1. The Kier molecular flexibility index (Phi) is 8.18. The molecule has 5 heterocycles. The molecular weight excluding hydrogens is 598 g/mol. The molecule has 1 atom stereocenters. The number of carbonyl (C=O) groups is 1. The zero-order chi connectivity index (χ0) is 31.9. The zero-order valence-electron chi connectivity index (χ0n) is 26.6. The van der Waals surface area contributed by atoms with Crippen LogP contribution in [0, 0.1) is 12.8 Å². The first-order valence-corrected chi connectivity index (χ1v) is 16.1. The Labute approximate surface area is 273 Å². The van der Waals surface area contributed by atoms with Gasteiger partial charge in [-0.15, -0.1) is 0 Å². The van der Waals surface area contributed by atoms with Gasteiger partial charge >= 0.3 is 0 Å². The smallest absolute Gasteiger partial charge is 0.291 e. The lowest BCUT2D eigenvalue weighted by Crippen LogP contribution is -2.27. The minimum absolute atomic E-state index is 0.285. The predicted octanol–water partition coefficient (Wildman–Crippen LogP) is 6.21. The number of aromatic nitrogens is 5. The number of hydrogen-bond acceptors (Lipinski definition) is 8. The first kappa shape index (κ1) is 30.3. The number of nitrogens with zero attached hydrogens (tertiary/aromatic N) is 7. The van der Waals surface area contributed by atoms with Gasteiger partial charge in [-0.1, -0.05) is 42.8 Å². The lowest BCUT2D eigenvalue weighted by Gasteiger charge is -2.21. The van der Waals surface area contributed by atoms with Crippen molar-refractivity contribution in [1.82, 2.24) is 34.3 Å². The van der Waals surface area contributed by atoms with Crippen molar-refractivity contribution >= 4 is 45.7 Å². The normalized spacial score (nSPS) is 16.9. The van der Waals surface area contributed by atoms with Crippen molar-refractivity contribution in [1.29, 1.82) is 0 Å². The number of carbonyl (C=O) groups excluding carboxylic acids is 1. The number of anilines is 3. The van der Waals surface area contributed by atoms with Crippen LogP contribution >= 0.6 is 11.6 Å². The molecule has 2 aliphatic heterocycles. The topological polar surface area (TPSA) is 104 Å². The van der Waals surface area contributed by atoms with Crippen molar-refractivity contribution in [2.45, 2.75) is 39.8 Å². The van der Waals surface area contributed by atoms with Crippen molar-refractivity contribution in [2.75, 3.05) is 37.3 Å². The lowest BCUT2D eigenvalue weighted by molar-refractivity contribution is 0.101. The van der Waals surface area contributed by atoms with Crippen molar-refractivity contribution in [3.63, 3.8) is 0 Å². The highest BCUT2D eigenvalue weighted by Gasteiger charge is 2.25. The van der Waals surface area contributed by atoms with Crippen molar-refractivity contribution < 1.29 is 4.79 Å². The maximum absolute atomic E-state index is 13.4. The molecule has 5 aromatic rings. The van der Waals surface area contributed by atoms with E-state index in [1.165, 1.54) is 6.42 Å². The van der Waals surface area contributed by atoms with Gasteiger partial charge in [0.05, 0.1) is 21.9 Å². The van der Waals surface area contributed by atoms with E-state index < -0.39 is 0 Å². The van der Waals surface area contributed by atoms with Crippen LogP contribution in [0.3, 0.4) is 0 Å². The van der Waals surface area contributed by atoms with Gasteiger partial charge in [-0.25, -0.2) is 15.0 Å². The highest BCUT2D eigenvalue weighted by Crippen LogP contribution is 2.38. The van der Waals surface area contributed by atoms with Crippen LogP contribution in [0.2, 0.25) is 5.02 Å². The van der Waals surface area contributed by atoms with Gasteiger partial charge in [0, 0.05) is 62.8 Å². The molecule has 0 aliphatic carbocycles. The molecule has 10 nitrogen and oxygen atoms in total. The molecule has 1 amide bonds. The van der Waals surface area contributed by atoms with Crippen LogP contribution in [-0.2, 0) is 26.6 Å². The minimum atomic E-state index is -0.285. The molecule has 2 N–H and O–H groups in total. The fourth-order valence-electron chi connectivity index (χ4n) is 6.66. The van der Waals surface area contributed by atoms with E-state index in [9.17, 15) is 4.79 Å². The quantitative estimate of drug-likeness (QED) is 0.217. The maximum Gasteiger partial charge on any atom is 0.291 e. The number of likely N-dealkylation sites (tertiary alicyclic amines) is 1. The Morgan fingerprint density at radius 2 is 1.85 bits per heavy atom. The Morgan fingerprint density at radius 1 is 1.04 bits per heavy atom. The van der Waals surface area contributed by atoms with E-state index in [4.69, 9.17) is 16.6 Å². The van der Waals surface area contributed by atoms with Gasteiger partial charge in [-0.2, -0.15) is 0 Å². The third kappa shape index (κ3) is 5.84. The summed E-state index contributed by atoms with van der Waals surface area (Å²) >= 11 is 6.98. The molecule has 0 spiro atoms. The van der Waals surface area contributed by atoms with Gasteiger partial charge in [0.2, 0.25) is 0 Å². The molecule has 3 aromatic heterocycles. The second kappa shape index (κ2) is 12.4. The van der Waals surface area contributed by atoms with Gasteiger partial charge in [-0.05, 0) is 67.7 Å². The molecule has 11 heteroatoms. The number of fused-ring (bicyclic) bond motifs is 2. The summed E-state index contributed by atoms with van der Waals surface area (Å²) in [5, 5.41) is 6.96. The van der Waals surface area contributed by atoms with Crippen molar-refractivity contribution in [2.24, 2.45) is 13.0 Å². The zero-order valence-corrected chi connectivity index (χ0v) is 27.4. The summed E-state index contributed by atoms with van der Waals surface area (Å²) in [5.74, 6) is 1.48. The Hall–Kier alpha value is -4.38. The van der Waals surface area contributed by atoms with E-state index >= 15 is 0 Å². The van der Waals surface area contributed by atoms with E-state index in [1.807, 2.05) is 61.1 Å². The molecular formula is C35H38ClN9O. The summed E-state index contributed by atoms with van der Waals surface area (Å²) in [6.07, 6.45) is 5.61. The molecule has 0 bridgehead atoms. The first-order chi connectivity index (χ1) is 22.2. The number of nitrogens with one attached hydrogen (secondary N) is 2. The molecule has 7 rings (SSSR count). The molecule has 1 saturated heterocycles. The number of amides is 1. The number of pyridine rings is 1. The van der Waals surface area contributed by atoms with Crippen LogP contribution in [0.25, 0.3) is 22.2 Å². The molecule has 236 valence electrons. The van der Waals surface area contributed by atoms with Gasteiger partial charge in [0.15, 0.2) is 11.6 Å². The van der Waals surface area contributed by atoms with E-state index in [0.29, 0.717) is 22.4 Å². The molecule has 1 unspecified atom stereocenters. The van der Waals surface area contributed by atoms with E-state index in [0.717, 1.165) is 95.4 Å². The third-order valence-corrected chi connectivity index (χ3v) is 9.63. The first-order valence-electron chi connectivity index (χ1n) is 15.8. The number of rotatable bonds is 7. The second-order valence-corrected chi connectivity index (χ2v) is 13.0. The second-order valence-electron chi connectivity index (χ2n) is 12.7. The molecule has 2 aromatic carbocycles. The molecule has 0 saturated carbocycles. The van der Waals surface area contributed by atoms with Crippen LogP contribution in [-0.4, -0.2) is 66.9 Å². The average molecular weight is 636 g/mol. The Balaban J connectivity index is 1.13. The molecule has 2 aliphatic rings. The summed E-state index contributed by atoms with van der Waals surface area (Å²) < 4.78 is 1.90. The third-order valence-electron chi connectivity index (χ3n) is 9.22. The van der Waals surface area contributed by atoms with Crippen LogP contribution < -0.4 is 10.6 Å². The minimum Gasteiger partial charge on any atom is -0.338 e. The van der Waals surface area contributed by atoms with E-state index in [1.54, 1.807) is 6.33 Å². The summed E-state index contributed by atoms with van der Waals surface area (Å²) in [6, 6.07) is 13.8. The van der Waals surface area contributed by atoms with Crippen LogP contribution in [0.15, 0.2) is 55.0 Å². The highest BCUT2D eigenvalue weighted by molar-refractivity contribution is 6.36. The summed E-state index contributed by atoms with van der Waals surface area (Å²) in [5.41, 5.74) is 8.88. The van der Waals surface area contributed by atoms with Crippen LogP contribution in [0.1, 0.15) is 46.5 Å². The van der Waals surface area contributed by atoms with Gasteiger partial charge in [0.1, 0.15) is 11.8 Å². The van der Waals surface area contributed by atoms with E-state index in [-0.39, 0.29) is 5.91 Å². The highest BCUT2D eigenvalue weighted by atomic mass is 35.5. The summed E-state index contributed by atoms with van der Waals surface area (Å²) in [4.78, 5) is 36.6. The van der Waals surface area contributed by atoms with Gasteiger partial charge in [0.25, 0.3) is 5.91 Å². The summed E-state index contributed by atoms with van der Waals surface area (Å²) in [7, 11) is 3.96. The SMILES string of the molecule is Cc1c(Nc2ncnc3cc(CN4CCC(C)C4)cnc23)cccc1-c1cccc(NC(=O)c2nc3c(n2C)CCN(C)C3)c1Cl. The van der Waals surface area contributed by atoms with Crippen molar-refractivity contribution in [3.8, 4) is 11.1 Å². The van der Waals surface area contributed by atoms with E-state index in [2.05, 4.69) is 55.4 Å². The number of likely N-dealkylation sites (N-methyl/N-ethyl adjacent to an activating group) is 1. The maximum atomic E-state index is 13.4. The lowest BCUT2D eigenvalue weighted by atomic mass is 9.98. The number of benzene rings is 2. The fraction of sp³-hybridized carbons (Fsp3) is 0.343. The molecule has 46 heavy (non-hydrogen) atoms. The fourth-order valence-corrected chi connectivity index (χ4v) is 6.93. The number of imidazole rings is 1. The average Bonchev–Trinajstić information content (AvgIpc) is 3.60. The summed E-state index contributed by atoms with van der Waals surface area (Å²) in [6.45, 7) is 9.14. The van der Waals surface area contributed by atoms with Gasteiger partial charge < -0.3 is 20.1 Å². The molecule has 1 fully saturated rings. The monoisotopic (exact) mass is 635 g/mol. The molecule has 0 radical (unpaired) electrons. The number of hydrogen-bond donors (Lipinski definition) is 2. The Bertz CT molecular complexity index is 1950. The van der Waals surface area contributed by atoms with Gasteiger partial charge in [-0.3, -0.25) is 14.7 Å². The predicted molar refractivity (Wildman–Crippen MR) is 182 cm³/mol. The van der Waals surface area contributed by atoms with Crippen LogP contribution in [0.4, 0.5) is 17.2 Å². The van der Waals surface area contributed by atoms with Crippen LogP contribution in [0.5, 0.6) is 0 Å².